The second kappa shape index (κ2) is 9.82. The van der Waals surface area contributed by atoms with Crippen LogP contribution in [0, 0.1) is 0 Å². The van der Waals surface area contributed by atoms with E-state index in [0.717, 1.165) is 25.2 Å². The van der Waals surface area contributed by atoms with Crippen molar-refractivity contribution in [2.45, 2.75) is 52.4 Å². The van der Waals surface area contributed by atoms with Crippen LogP contribution < -0.4 is 21.3 Å². The van der Waals surface area contributed by atoms with Gasteiger partial charge in [-0.05, 0) is 70.0 Å². The molecule has 0 saturated carbocycles. The van der Waals surface area contributed by atoms with Gasteiger partial charge in [0.15, 0.2) is 0 Å². The average Bonchev–Trinajstić information content (AvgIpc) is 2.78. The second-order valence-electron chi connectivity index (χ2n) is 9.22. The van der Waals surface area contributed by atoms with Gasteiger partial charge in [0.1, 0.15) is 11.2 Å². The number of rotatable bonds is 7. The zero-order valence-corrected chi connectivity index (χ0v) is 19.9. The highest BCUT2D eigenvalue weighted by atomic mass is 19.1. The Labute approximate surface area is 198 Å². The minimum Gasteiger partial charge on any atom is -0.350 e. The third-order valence-corrected chi connectivity index (χ3v) is 5.50. The molecule has 0 bridgehead atoms. The van der Waals surface area contributed by atoms with E-state index in [1.165, 1.54) is 31.2 Å². The molecule has 0 spiro atoms. The number of halogens is 1. The topological polar surface area (TPSA) is 108 Å². The van der Waals surface area contributed by atoms with Crippen molar-refractivity contribution in [2.24, 2.45) is 0 Å². The van der Waals surface area contributed by atoms with E-state index < -0.39 is 5.67 Å². The van der Waals surface area contributed by atoms with Crippen molar-refractivity contribution in [3.8, 4) is 0 Å². The monoisotopic (exact) mass is 464 g/mol. The molecule has 0 fully saturated rings. The summed E-state index contributed by atoms with van der Waals surface area (Å²) in [4.78, 5) is 26.2. The molecule has 178 valence electrons. The zero-order valence-electron chi connectivity index (χ0n) is 19.9. The number of carbonyl (C=O) groups is 1. The molecule has 0 unspecified atom stereocenters. The molecule has 1 aliphatic heterocycles. The number of hydrogen-bond acceptors (Lipinski definition) is 6. The van der Waals surface area contributed by atoms with E-state index in [2.05, 4.69) is 43.0 Å². The SMILES string of the molecule is CC(C)NC(=O)c1cnc(Nc2ccc3c(c2)CCNC3)nc1[NH2+]c1cccc(C(C)(C)F)n1. The van der Waals surface area contributed by atoms with Gasteiger partial charge in [0, 0.05) is 24.3 Å². The van der Waals surface area contributed by atoms with Crippen LogP contribution in [0.1, 0.15) is 54.9 Å². The molecule has 0 aliphatic carbocycles. The molecule has 0 saturated heterocycles. The number of benzene rings is 1. The summed E-state index contributed by atoms with van der Waals surface area (Å²) in [6, 6.07) is 11.3. The number of quaternary nitrogens is 1. The molecule has 8 nitrogen and oxygen atoms in total. The Morgan fingerprint density at radius 1 is 1.18 bits per heavy atom. The van der Waals surface area contributed by atoms with Crippen molar-refractivity contribution in [1.82, 2.24) is 25.6 Å². The Morgan fingerprint density at radius 3 is 2.76 bits per heavy atom. The van der Waals surface area contributed by atoms with E-state index in [1.807, 2.05) is 19.9 Å². The number of pyridine rings is 1. The van der Waals surface area contributed by atoms with Gasteiger partial charge in [-0.2, -0.15) is 9.97 Å². The molecule has 2 aromatic heterocycles. The maximum absolute atomic E-state index is 14.4. The summed E-state index contributed by atoms with van der Waals surface area (Å²) in [5.41, 5.74) is 2.51. The van der Waals surface area contributed by atoms with Crippen LogP contribution in [-0.2, 0) is 18.6 Å². The minimum absolute atomic E-state index is 0.0445. The Balaban J connectivity index is 1.65. The fourth-order valence-electron chi connectivity index (χ4n) is 3.77. The molecule has 0 radical (unpaired) electrons. The lowest BCUT2D eigenvalue weighted by molar-refractivity contribution is -0.487. The lowest BCUT2D eigenvalue weighted by atomic mass is 10.0. The van der Waals surface area contributed by atoms with E-state index in [-0.39, 0.29) is 11.9 Å². The maximum atomic E-state index is 14.4. The fraction of sp³-hybridized carbons (Fsp3) is 0.360. The van der Waals surface area contributed by atoms with Crippen molar-refractivity contribution in [3.05, 3.63) is 65.0 Å². The Kier molecular flexibility index (Phi) is 6.85. The summed E-state index contributed by atoms with van der Waals surface area (Å²) in [5, 5.41) is 11.2. The van der Waals surface area contributed by atoms with Crippen molar-refractivity contribution >= 4 is 29.2 Å². The van der Waals surface area contributed by atoms with Gasteiger partial charge in [0.05, 0.1) is 11.9 Å². The van der Waals surface area contributed by atoms with Gasteiger partial charge in [-0.25, -0.2) is 14.7 Å². The summed E-state index contributed by atoms with van der Waals surface area (Å²) in [6.45, 7) is 8.51. The summed E-state index contributed by atoms with van der Waals surface area (Å²) >= 11 is 0. The van der Waals surface area contributed by atoms with E-state index >= 15 is 0 Å². The first-order chi connectivity index (χ1) is 16.2. The second-order valence-corrected chi connectivity index (χ2v) is 9.22. The quantitative estimate of drug-likeness (QED) is 0.428. The van der Waals surface area contributed by atoms with Crippen LogP contribution in [0.3, 0.4) is 0 Å². The van der Waals surface area contributed by atoms with Crippen molar-refractivity contribution in [2.75, 3.05) is 11.9 Å². The first-order valence-electron chi connectivity index (χ1n) is 11.5. The van der Waals surface area contributed by atoms with Gasteiger partial charge in [0.25, 0.3) is 5.91 Å². The van der Waals surface area contributed by atoms with Crippen LogP contribution in [0.4, 0.5) is 27.7 Å². The number of hydrogen-bond donors (Lipinski definition) is 4. The first kappa shape index (κ1) is 23.7. The molecule has 4 rings (SSSR count). The predicted octanol–water partition coefficient (Wildman–Crippen LogP) is 3.13. The average molecular weight is 465 g/mol. The van der Waals surface area contributed by atoms with Crippen LogP contribution in [0.15, 0.2) is 42.6 Å². The van der Waals surface area contributed by atoms with Crippen LogP contribution >= 0.6 is 0 Å². The molecule has 34 heavy (non-hydrogen) atoms. The van der Waals surface area contributed by atoms with Gasteiger partial charge in [-0.3, -0.25) is 4.79 Å². The molecule has 0 atom stereocenters. The molecular weight excluding hydrogens is 433 g/mol. The van der Waals surface area contributed by atoms with E-state index in [0.29, 0.717) is 28.8 Å². The number of anilines is 2. The summed E-state index contributed by atoms with van der Waals surface area (Å²) in [7, 11) is 0. The number of aromatic nitrogens is 3. The number of nitrogens with two attached hydrogens (primary N) is 1. The number of carbonyl (C=O) groups excluding carboxylic acids is 1. The Morgan fingerprint density at radius 2 is 2.00 bits per heavy atom. The summed E-state index contributed by atoms with van der Waals surface area (Å²) in [5.74, 6) is 0.992. The van der Waals surface area contributed by atoms with Gasteiger partial charge in [-0.15, -0.1) is 0 Å². The number of fused-ring (bicyclic) bond motifs is 1. The number of amides is 1. The summed E-state index contributed by atoms with van der Waals surface area (Å²) < 4.78 is 14.4. The number of nitrogens with one attached hydrogen (secondary N) is 3. The van der Waals surface area contributed by atoms with Gasteiger partial charge >= 0.3 is 0 Å². The zero-order chi connectivity index (χ0) is 24.3. The maximum Gasteiger partial charge on any atom is 0.260 e. The Bertz CT molecular complexity index is 1190. The lowest BCUT2D eigenvalue weighted by Gasteiger charge is -2.18. The summed E-state index contributed by atoms with van der Waals surface area (Å²) in [6.07, 6.45) is 2.47. The van der Waals surface area contributed by atoms with Crippen molar-refractivity contribution in [1.29, 1.82) is 0 Å². The normalized spacial score (nSPS) is 13.5. The molecule has 3 heterocycles. The molecular formula is C25H31FN7O+. The molecule has 9 heteroatoms. The standard InChI is InChI=1S/C25H30FN7O/c1-15(2)29-23(34)19-14-28-24(30-18-9-8-17-13-27-11-10-16(17)12-18)33-22(19)32-21-7-5-6-20(31-21)25(3,4)26/h5-9,12,14-15,27H,10-11,13H2,1-4H3,(H,29,34)(H2,28,30,31,32,33)/p+1. The highest BCUT2D eigenvalue weighted by molar-refractivity contribution is 5.97. The first-order valence-corrected chi connectivity index (χ1v) is 11.5. The van der Waals surface area contributed by atoms with Crippen molar-refractivity contribution < 1.29 is 14.5 Å². The molecule has 5 N–H and O–H groups in total. The van der Waals surface area contributed by atoms with E-state index in [1.54, 1.807) is 23.5 Å². The third kappa shape index (κ3) is 5.73. The minimum atomic E-state index is -1.58. The van der Waals surface area contributed by atoms with Gasteiger partial charge < -0.3 is 16.0 Å². The van der Waals surface area contributed by atoms with Crippen LogP contribution in [0.2, 0.25) is 0 Å². The third-order valence-electron chi connectivity index (χ3n) is 5.50. The van der Waals surface area contributed by atoms with Gasteiger partial charge in [0.2, 0.25) is 17.6 Å². The molecule has 1 aliphatic rings. The molecule has 1 aromatic carbocycles. The van der Waals surface area contributed by atoms with Gasteiger partial charge in [-0.1, -0.05) is 12.1 Å². The lowest BCUT2D eigenvalue weighted by Crippen LogP contribution is -2.73. The highest BCUT2D eigenvalue weighted by Crippen LogP contribution is 2.24. The van der Waals surface area contributed by atoms with Crippen LogP contribution in [0.5, 0.6) is 0 Å². The van der Waals surface area contributed by atoms with E-state index in [4.69, 9.17) is 0 Å². The fourth-order valence-corrected chi connectivity index (χ4v) is 3.77. The molecule has 1 amide bonds. The highest BCUT2D eigenvalue weighted by Gasteiger charge is 2.24. The Hall–Kier alpha value is -3.43. The molecule has 3 aromatic rings. The predicted molar refractivity (Wildman–Crippen MR) is 129 cm³/mol. The van der Waals surface area contributed by atoms with Crippen molar-refractivity contribution in [3.63, 3.8) is 0 Å². The van der Waals surface area contributed by atoms with E-state index in [9.17, 15) is 9.18 Å². The van der Waals surface area contributed by atoms with Crippen LogP contribution in [0.25, 0.3) is 0 Å². The smallest absolute Gasteiger partial charge is 0.260 e. The number of alkyl halides is 1. The largest absolute Gasteiger partial charge is 0.350 e. The number of nitrogens with zero attached hydrogens (tertiary/aromatic N) is 3. The van der Waals surface area contributed by atoms with Crippen LogP contribution in [-0.4, -0.2) is 33.4 Å².